The van der Waals surface area contributed by atoms with Crippen LogP contribution < -0.4 is 14.8 Å². The molecule has 4 heteroatoms. The average Bonchev–Trinajstić information content (AvgIpc) is 2.66. The summed E-state index contributed by atoms with van der Waals surface area (Å²) in [6.45, 7) is 6.96. The van der Waals surface area contributed by atoms with Gasteiger partial charge in [-0.2, -0.15) is 0 Å². The number of ether oxygens (including phenoxy) is 2. The zero-order chi connectivity index (χ0) is 16.5. The third-order valence-corrected chi connectivity index (χ3v) is 4.17. The van der Waals surface area contributed by atoms with Crippen molar-refractivity contribution in [2.24, 2.45) is 0 Å². The molecule has 1 aliphatic heterocycles. The monoisotopic (exact) mass is 326 g/mol. The number of hydrogen-bond acceptors (Lipinski definition) is 4. The van der Waals surface area contributed by atoms with E-state index in [1.54, 1.807) is 0 Å². The highest BCUT2D eigenvalue weighted by molar-refractivity contribution is 5.31. The lowest BCUT2D eigenvalue weighted by atomic mass is 10.2. The second-order valence-corrected chi connectivity index (χ2v) is 6.04. The van der Waals surface area contributed by atoms with Gasteiger partial charge in [0.2, 0.25) is 0 Å². The Morgan fingerprint density at radius 1 is 0.833 bits per heavy atom. The number of rotatable bonds is 8. The molecule has 1 saturated heterocycles. The van der Waals surface area contributed by atoms with Gasteiger partial charge in [0.05, 0.1) is 6.61 Å². The summed E-state index contributed by atoms with van der Waals surface area (Å²) in [4.78, 5) is 2.49. The first kappa shape index (κ1) is 16.8. The number of benzene rings is 2. The van der Waals surface area contributed by atoms with Crippen LogP contribution in [0.5, 0.6) is 11.5 Å². The van der Waals surface area contributed by atoms with Crippen molar-refractivity contribution in [2.75, 3.05) is 39.3 Å². The maximum Gasteiger partial charge on any atom is 0.120 e. The fourth-order valence-electron chi connectivity index (χ4n) is 2.79. The predicted octanol–water partition coefficient (Wildman–Crippen LogP) is 2.94. The molecule has 0 radical (unpaired) electrons. The van der Waals surface area contributed by atoms with E-state index in [1.165, 1.54) is 5.56 Å². The minimum Gasteiger partial charge on any atom is -0.494 e. The molecule has 4 nitrogen and oxygen atoms in total. The summed E-state index contributed by atoms with van der Waals surface area (Å²) in [5, 5.41) is 3.37. The van der Waals surface area contributed by atoms with Crippen molar-refractivity contribution in [1.82, 2.24) is 10.2 Å². The molecular formula is C20H26N2O2. The quantitative estimate of drug-likeness (QED) is 0.756. The minimum absolute atomic E-state index is 0.589. The van der Waals surface area contributed by atoms with Crippen LogP contribution >= 0.6 is 0 Å². The van der Waals surface area contributed by atoms with Crippen molar-refractivity contribution < 1.29 is 9.47 Å². The smallest absolute Gasteiger partial charge is 0.120 e. The van der Waals surface area contributed by atoms with E-state index in [0.717, 1.165) is 57.3 Å². The van der Waals surface area contributed by atoms with Crippen molar-refractivity contribution >= 4 is 0 Å². The van der Waals surface area contributed by atoms with E-state index in [0.29, 0.717) is 6.61 Å². The molecule has 2 aromatic carbocycles. The molecule has 0 atom stereocenters. The predicted molar refractivity (Wildman–Crippen MR) is 96.6 cm³/mol. The molecule has 0 aliphatic carbocycles. The summed E-state index contributed by atoms with van der Waals surface area (Å²) in [7, 11) is 0. The van der Waals surface area contributed by atoms with E-state index < -0.39 is 0 Å². The number of nitrogens with one attached hydrogen (secondary N) is 1. The molecule has 0 spiro atoms. The molecule has 1 aliphatic rings. The maximum absolute atomic E-state index is 5.82. The minimum atomic E-state index is 0.589. The molecule has 24 heavy (non-hydrogen) atoms. The lowest BCUT2D eigenvalue weighted by molar-refractivity contribution is 0.214. The number of nitrogens with zero attached hydrogens (tertiary/aromatic N) is 1. The van der Waals surface area contributed by atoms with Crippen LogP contribution in [0.25, 0.3) is 0 Å². The molecule has 0 bridgehead atoms. The van der Waals surface area contributed by atoms with E-state index >= 15 is 0 Å². The van der Waals surface area contributed by atoms with Crippen LogP contribution in [0.2, 0.25) is 0 Å². The molecule has 0 unspecified atom stereocenters. The van der Waals surface area contributed by atoms with Gasteiger partial charge < -0.3 is 19.7 Å². The first-order valence-corrected chi connectivity index (χ1v) is 8.73. The van der Waals surface area contributed by atoms with E-state index in [9.17, 15) is 0 Å². The van der Waals surface area contributed by atoms with Gasteiger partial charge in [0.1, 0.15) is 18.1 Å². The Morgan fingerprint density at radius 2 is 1.50 bits per heavy atom. The molecule has 3 rings (SSSR count). The Morgan fingerprint density at radius 3 is 2.21 bits per heavy atom. The largest absolute Gasteiger partial charge is 0.494 e. The second-order valence-electron chi connectivity index (χ2n) is 6.04. The van der Waals surface area contributed by atoms with Crippen molar-refractivity contribution in [3.05, 3.63) is 60.2 Å². The van der Waals surface area contributed by atoms with Crippen molar-refractivity contribution in [2.45, 2.75) is 13.0 Å². The van der Waals surface area contributed by atoms with Crippen LogP contribution in [-0.4, -0.2) is 44.2 Å². The zero-order valence-electron chi connectivity index (χ0n) is 14.1. The van der Waals surface area contributed by atoms with Crippen LogP contribution in [0.1, 0.15) is 12.0 Å². The van der Waals surface area contributed by atoms with Crippen molar-refractivity contribution in [3.63, 3.8) is 0 Å². The maximum atomic E-state index is 5.82. The van der Waals surface area contributed by atoms with Crippen LogP contribution in [0.3, 0.4) is 0 Å². The Kier molecular flexibility index (Phi) is 6.51. The summed E-state index contributed by atoms with van der Waals surface area (Å²) < 4.78 is 11.6. The van der Waals surface area contributed by atoms with Gasteiger partial charge in [-0.15, -0.1) is 0 Å². The lowest BCUT2D eigenvalue weighted by Crippen LogP contribution is -2.43. The molecule has 1 heterocycles. The van der Waals surface area contributed by atoms with Gasteiger partial charge in [0.25, 0.3) is 0 Å². The third kappa shape index (κ3) is 5.55. The van der Waals surface area contributed by atoms with E-state index in [4.69, 9.17) is 9.47 Å². The average molecular weight is 326 g/mol. The van der Waals surface area contributed by atoms with Gasteiger partial charge in [-0.1, -0.05) is 30.3 Å². The first-order valence-electron chi connectivity index (χ1n) is 8.73. The van der Waals surface area contributed by atoms with Crippen molar-refractivity contribution in [3.8, 4) is 11.5 Å². The summed E-state index contributed by atoms with van der Waals surface area (Å²) in [5.41, 5.74) is 1.17. The highest BCUT2D eigenvalue weighted by Crippen LogP contribution is 2.18. The molecule has 128 valence electrons. The normalized spacial score (nSPS) is 15.2. The van der Waals surface area contributed by atoms with E-state index in [1.807, 2.05) is 42.5 Å². The van der Waals surface area contributed by atoms with Gasteiger partial charge in [0, 0.05) is 32.7 Å². The van der Waals surface area contributed by atoms with Crippen molar-refractivity contribution in [1.29, 1.82) is 0 Å². The van der Waals surface area contributed by atoms with Crippen LogP contribution in [-0.2, 0) is 6.61 Å². The van der Waals surface area contributed by atoms with Crippen LogP contribution in [0.4, 0.5) is 0 Å². The SMILES string of the molecule is c1ccc(COc2ccc(OCCCN3CCNCC3)cc2)cc1. The highest BCUT2D eigenvalue weighted by Gasteiger charge is 2.08. The van der Waals surface area contributed by atoms with Gasteiger partial charge in [-0.25, -0.2) is 0 Å². The number of piperazine rings is 1. The summed E-state index contributed by atoms with van der Waals surface area (Å²) in [6.07, 6.45) is 1.06. The molecule has 2 aromatic rings. The van der Waals surface area contributed by atoms with E-state index in [2.05, 4.69) is 22.3 Å². The van der Waals surface area contributed by atoms with Gasteiger partial charge in [-0.3, -0.25) is 0 Å². The van der Waals surface area contributed by atoms with Crippen LogP contribution in [0.15, 0.2) is 54.6 Å². The summed E-state index contributed by atoms with van der Waals surface area (Å²) in [5.74, 6) is 1.77. The highest BCUT2D eigenvalue weighted by atomic mass is 16.5. The summed E-state index contributed by atoms with van der Waals surface area (Å²) >= 11 is 0. The zero-order valence-corrected chi connectivity index (χ0v) is 14.1. The molecule has 0 amide bonds. The van der Waals surface area contributed by atoms with E-state index in [-0.39, 0.29) is 0 Å². The summed E-state index contributed by atoms with van der Waals surface area (Å²) in [6, 6.07) is 18.1. The third-order valence-electron chi connectivity index (χ3n) is 4.17. The Hall–Kier alpha value is -2.04. The first-order chi connectivity index (χ1) is 11.9. The molecule has 1 fully saturated rings. The fraction of sp³-hybridized carbons (Fsp3) is 0.400. The molecule has 0 saturated carbocycles. The van der Waals surface area contributed by atoms with Gasteiger partial charge in [-0.05, 0) is 36.2 Å². The standard InChI is InChI=1S/C20H26N2O2/c1-2-5-18(6-3-1)17-24-20-9-7-19(8-10-20)23-16-4-13-22-14-11-21-12-15-22/h1-3,5-10,21H,4,11-17H2. The topological polar surface area (TPSA) is 33.7 Å². The molecule has 1 N–H and O–H groups in total. The molecular weight excluding hydrogens is 300 g/mol. The number of hydrogen-bond donors (Lipinski definition) is 1. The fourth-order valence-corrected chi connectivity index (χ4v) is 2.79. The second kappa shape index (κ2) is 9.30. The Bertz CT molecular complexity index is 580. The lowest BCUT2D eigenvalue weighted by Gasteiger charge is -2.26. The van der Waals surface area contributed by atoms with Crippen LogP contribution in [0, 0.1) is 0 Å². The Labute approximate surface area is 144 Å². The van der Waals surface area contributed by atoms with Gasteiger partial charge >= 0.3 is 0 Å². The Balaban J connectivity index is 1.35. The molecule has 0 aromatic heterocycles. The van der Waals surface area contributed by atoms with Gasteiger partial charge in [0.15, 0.2) is 0 Å².